The first-order valence-corrected chi connectivity index (χ1v) is 12.5. The van der Waals surface area contributed by atoms with Gasteiger partial charge in [0.05, 0.1) is 28.9 Å². The molecule has 40 heavy (non-hydrogen) atoms. The number of amides is 1. The Bertz CT molecular complexity index is 1730. The number of nitrogens with two attached hydrogens (primary N) is 1. The first-order chi connectivity index (χ1) is 19.1. The van der Waals surface area contributed by atoms with E-state index in [1.807, 2.05) is 13.8 Å². The third-order valence-electron chi connectivity index (χ3n) is 7.53. The minimum atomic E-state index is -1.73. The summed E-state index contributed by atoms with van der Waals surface area (Å²) in [5.41, 5.74) is 6.07. The normalized spacial score (nSPS) is 21.3. The highest BCUT2D eigenvalue weighted by Gasteiger charge is 2.63. The minimum absolute atomic E-state index is 0.00759. The Balaban J connectivity index is 1.44. The van der Waals surface area contributed by atoms with Gasteiger partial charge in [-0.15, -0.1) is 5.10 Å². The fourth-order valence-electron chi connectivity index (χ4n) is 5.88. The fraction of sp³-hybridized carbons (Fsp3) is 0.250. The number of nitrogens with zero attached hydrogens (tertiary/aromatic N) is 6. The molecule has 3 aliphatic rings. The molecule has 0 saturated carbocycles. The summed E-state index contributed by atoms with van der Waals surface area (Å²) in [5.74, 6) is -0.643. The zero-order valence-electron chi connectivity index (χ0n) is 21.6. The topological polar surface area (TPSA) is 170 Å². The maximum atomic E-state index is 14.5. The molecule has 3 heterocycles. The van der Waals surface area contributed by atoms with E-state index in [1.54, 1.807) is 42.6 Å². The van der Waals surface area contributed by atoms with Gasteiger partial charge in [-0.2, -0.15) is 5.26 Å². The molecule has 6 rings (SSSR count). The van der Waals surface area contributed by atoms with Gasteiger partial charge in [-0.3, -0.25) is 19.7 Å². The van der Waals surface area contributed by atoms with Crippen molar-refractivity contribution in [2.75, 3.05) is 4.90 Å². The van der Waals surface area contributed by atoms with Crippen molar-refractivity contribution in [3.8, 4) is 11.8 Å². The molecule has 2 N–H and O–H groups in total. The van der Waals surface area contributed by atoms with Crippen LogP contribution in [0.4, 0.5) is 11.4 Å². The fourth-order valence-corrected chi connectivity index (χ4v) is 5.88. The Morgan fingerprint density at radius 2 is 1.88 bits per heavy atom. The lowest BCUT2D eigenvalue weighted by Gasteiger charge is -2.41. The summed E-state index contributed by atoms with van der Waals surface area (Å²) >= 11 is 0. The molecule has 3 aromatic rings. The largest absolute Gasteiger partial charge is 0.444 e. The highest BCUT2D eigenvalue weighted by atomic mass is 16.6. The predicted octanol–water partition coefficient (Wildman–Crippen LogP) is 3.33. The number of non-ortho nitro benzene ring substituents is 1. The Morgan fingerprint density at radius 1 is 1.15 bits per heavy atom. The van der Waals surface area contributed by atoms with Crippen LogP contribution >= 0.6 is 0 Å². The molecule has 12 nitrogen and oxygen atoms in total. The van der Waals surface area contributed by atoms with Crippen molar-refractivity contribution in [3.05, 3.63) is 98.9 Å². The lowest BCUT2D eigenvalue weighted by molar-refractivity contribution is -0.384. The number of nitro groups is 1. The number of Topliss-reactive ketones (excluding diaryl/α,β-unsaturated/α-hetero) is 1. The van der Waals surface area contributed by atoms with E-state index in [1.165, 1.54) is 21.7 Å². The number of aromatic nitrogens is 3. The van der Waals surface area contributed by atoms with Crippen molar-refractivity contribution in [2.24, 2.45) is 11.1 Å². The van der Waals surface area contributed by atoms with Gasteiger partial charge in [0, 0.05) is 36.2 Å². The van der Waals surface area contributed by atoms with Gasteiger partial charge in [0.15, 0.2) is 5.78 Å². The first-order valence-electron chi connectivity index (χ1n) is 12.5. The SMILES string of the molecule is CC1(C)CC(=O)C2=C(C1)OC(N)=C(C#N)C21C(=O)N(Cc2cn(-c3ccc([N+](=O)[O-])cc3)nn2)c2ccccc21. The van der Waals surface area contributed by atoms with Gasteiger partial charge in [-0.1, -0.05) is 37.3 Å². The molecular weight excluding hydrogens is 514 g/mol. The number of ketones is 1. The van der Waals surface area contributed by atoms with Crippen LogP contribution in [-0.4, -0.2) is 31.6 Å². The minimum Gasteiger partial charge on any atom is -0.444 e. The van der Waals surface area contributed by atoms with Crippen LogP contribution in [0.15, 0.2) is 77.5 Å². The molecule has 1 aromatic heterocycles. The standard InChI is InChI=1S/C28H23N7O5/c1-27(2)11-22(36)24-23(12-27)40-25(30)20(13-29)28(24)19-5-3-4-6-21(19)33(26(28)37)14-16-15-34(32-31-16)17-7-9-18(10-8-17)35(38)39/h3-10,15H,11-12,14,30H2,1-2H3. The molecule has 1 spiro atoms. The van der Waals surface area contributed by atoms with Crippen LogP contribution in [0, 0.1) is 26.9 Å². The summed E-state index contributed by atoms with van der Waals surface area (Å²) in [5, 5.41) is 29.5. The highest BCUT2D eigenvalue weighted by molar-refractivity contribution is 6.20. The highest BCUT2D eigenvalue weighted by Crippen LogP contribution is 2.57. The van der Waals surface area contributed by atoms with E-state index in [0.717, 1.165) is 0 Å². The van der Waals surface area contributed by atoms with Crippen molar-refractivity contribution >= 4 is 23.1 Å². The summed E-state index contributed by atoms with van der Waals surface area (Å²) in [6.07, 6.45) is 2.18. The molecular formula is C28H23N7O5. The number of rotatable bonds is 4. The third-order valence-corrected chi connectivity index (χ3v) is 7.53. The summed E-state index contributed by atoms with van der Waals surface area (Å²) in [6.45, 7) is 3.87. The summed E-state index contributed by atoms with van der Waals surface area (Å²) in [4.78, 5) is 40.2. The van der Waals surface area contributed by atoms with Gasteiger partial charge in [0.25, 0.3) is 5.69 Å². The van der Waals surface area contributed by atoms with Crippen molar-refractivity contribution in [1.29, 1.82) is 5.26 Å². The van der Waals surface area contributed by atoms with E-state index in [4.69, 9.17) is 10.5 Å². The van der Waals surface area contributed by atoms with Crippen LogP contribution in [-0.2, 0) is 26.3 Å². The first kappa shape index (κ1) is 25.0. The second kappa shape index (κ2) is 8.60. The monoisotopic (exact) mass is 537 g/mol. The number of carbonyl (C=O) groups is 2. The lowest BCUT2D eigenvalue weighted by Crippen LogP contribution is -2.50. The van der Waals surface area contributed by atoms with Gasteiger partial charge in [-0.05, 0) is 23.6 Å². The van der Waals surface area contributed by atoms with E-state index < -0.39 is 21.7 Å². The molecule has 0 saturated heterocycles. The van der Waals surface area contributed by atoms with Crippen LogP contribution in [0.1, 0.15) is 37.9 Å². The maximum absolute atomic E-state index is 14.5. The molecule has 1 unspecified atom stereocenters. The number of fused-ring (bicyclic) bond motifs is 3. The van der Waals surface area contributed by atoms with Crippen molar-refractivity contribution in [3.63, 3.8) is 0 Å². The zero-order chi connectivity index (χ0) is 28.4. The van der Waals surface area contributed by atoms with Crippen LogP contribution in [0.25, 0.3) is 5.69 Å². The number of hydrogen-bond donors (Lipinski definition) is 1. The molecule has 2 aromatic carbocycles. The second-order valence-corrected chi connectivity index (χ2v) is 10.8. The smallest absolute Gasteiger partial charge is 0.269 e. The van der Waals surface area contributed by atoms with Crippen molar-refractivity contribution < 1.29 is 19.2 Å². The van der Waals surface area contributed by atoms with Gasteiger partial charge in [0.2, 0.25) is 11.8 Å². The van der Waals surface area contributed by atoms with Crippen LogP contribution in [0.3, 0.4) is 0 Å². The molecule has 1 aliphatic carbocycles. The maximum Gasteiger partial charge on any atom is 0.269 e. The number of nitriles is 1. The molecule has 0 bridgehead atoms. The van der Waals surface area contributed by atoms with E-state index in [-0.39, 0.29) is 41.5 Å². The number of hydrogen-bond acceptors (Lipinski definition) is 9. The molecule has 1 amide bonds. The zero-order valence-corrected chi connectivity index (χ0v) is 21.6. The molecule has 200 valence electrons. The lowest BCUT2D eigenvalue weighted by atomic mass is 9.62. The molecule has 1 atom stereocenters. The predicted molar refractivity (Wildman–Crippen MR) is 140 cm³/mol. The Morgan fingerprint density at radius 3 is 2.58 bits per heavy atom. The summed E-state index contributed by atoms with van der Waals surface area (Å²) in [7, 11) is 0. The van der Waals surface area contributed by atoms with E-state index in [0.29, 0.717) is 34.8 Å². The van der Waals surface area contributed by atoms with Crippen LogP contribution in [0.2, 0.25) is 0 Å². The number of para-hydroxylation sites is 1. The van der Waals surface area contributed by atoms with E-state index in [2.05, 4.69) is 16.4 Å². The molecule has 0 radical (unpaired) electrons. The average Bonchev–Trinajstić information content (AvgIpc) is 3.46. The molecule has 12 heteroatoms. The quantitative estimate of drug-likeness (QED) is 0.387. The Kier molecular flexibility index (Phi) is 5.38. The van der Waals surface area contributed by atoms with Gasteiger partial charge in [0.1, 0.15) is 28.5 Å². The van der Waals surface area contributed by atoms with Crippen molar-refractivity contribution in [1.82, 2.24) is 15.0 Å². The van der Waals surface area contributed by atoms with E-state index >= 15 is 0 Å². The number of ether oxygens (including phenoxy) is 1. The number of anilines is 1. The average molecular weight is 538 g/mol. The Labute approximate surface area is 228 Å². The van der Waals surface area contributed by atoms with Crippen LogP contribution < -0.4 is 10.6 Å². The summed E-state index contributed by atoms with van der Waals surface area (Å²) < 4.78 is 7.28. The Hall–Kier alpha value is -5.31. The van der Waals surface area contributed by atoms with Gasteiger partial charge < -0.3 is 15.4 Å². The van der Waals surface area contributed by atoms with Gasteiger partial charge >= 0.3 is 0 Å². The summed E-state index contributed by atoms with van der Waals surface area (Å²) in [6, 6.07) is 14.9. The number of carbonyl (C=O) groups excluding carboxylic acids is 2. The van der Waals surface area contributed by atoms with Crippen molar-refractivity contribution in [2.45, 2.75) is 38.6 Å². The number of benzene rings is 2. The van der Waals surface area contributed by atoms with E-state index in [9.17, 15) is 25.0 Å². The molecule has 0 fully saturated rings. The molecule has 2 aliphatic heterocycles. The number of nitro benzene ring substituents is 1. The second-order valence-electron chi connectivity index (χ2n) is 10.8. The van der Waals surface area contributed by atoms with Gasteiger partial charge in [-0.25, -0.2) is 4.68 Å². The number of allylic oxidation sites excluding steroid dienone is 1. The van der Waals surface area contributed by atoms with Crippen LogP contribution in [0.5, 0.6) is 0 Å². The third kappa shape index (κ3) is 3.51.